The van der Waals surface area contributed by atoms with Crippen LogP contribution in [0.15, 0.2) is 18.2 Å². The molecule has 1 saturated heterocycles. The number of nitro groups is 1. The second-order valence-corrected chi connectivity index (χ2v) is 3.88. The lowest BCUT2D eigenvalue weighted by Gasteiger charge is -2.37. The number of hydrogen-bond donors (Lipinski definition) is 2. The molecule has 0 saturated carbocycles. The van der Waals surface area contributed by atoms with Gasteiger partial charge in [-0.2, -0.15) is 0 Å². The SMILES string of the molecule is NC(=O)c1ccc(N2CC(O)C2)c([N+](=O)[O-])c1. The molecule has 0 aromatic heterocycles. The van der Waals surface area contributed by atoms with E-state index in [0.717, 1.165) is 6.07 Å². The lowest BCUT2D eigenvalue weighted by Crippen LogP contribution is -2.51. The van der Waals surface area contributed by atoms with Crippen LogP contribution in [0.25, 0.3) is 0 Å². The van der Waals surface area contributed by atoms with Crippen LogP contribution in [0, 0.1) is 10.1 Å². The summed E-state index contributed by atoms with van der Waals surface area (Å²) in [6.07, 6.45) is -0.453. The number of primary amides is 1. The van der Waals surface area contributed by atoms with Crippen LogP contribution in [0.2, 0.25) is 0 Å². The third-order valence-electron chi connectivity index (χ3n) is 2.66. The van der Waals surface area contributed by atoms with Gasteiger partial charge in [-0.05, 0) is 12.1 Å². The molecular formula is C10H11N3O4. The molecule has 7 heteroatoms. The van der Waals surface area contributed by atoms with Gasteiger partial charge in [-0.3, -0.25) is 14.9 Å². The maximum Gasteiger partial charge on any atom is 0.293 e. The monoisotopic (exact) mass is 237 g/mol. The maximum atomic E-state index is 10.9. The first-order chi connectivity index (χ1) is 7.99. The highest BCUT2D eigenvalue weighted by Crippen LogP contribution is 2.32. The van der Waals surface area contributed by atoms with Crippen LogP contribution in [0.1, 0.15) is 10.4 Å². The number of aliphatic hydroxyl groups excluding tert-OH is 1. The number of amides is 1. The second-order valence-electron chi connectivity index (χ2n) is 3.88. The van der Waals surface area contributed by atoms with E-state index in [1.54, 1.807) is 4.90 Å². The number of β-amino-alcohol motifs (C(OH)–C–C–N with tert-alkyl or cyclic N) is 1. The summed E-state index contributed by atoms with van der Waals surface area (Å²) in [5.41, 5.74) is 5.38. The van der Waals surface area contributed by atoms with Crippen LogP contribution in [-0.2, 0) is 0 Å². The Balaban J connectivity index is 2.38. The number of rotatable bonds is 3. The number of nitrogens with zero attached hydrogens (tertiary/aromatic N) is 2. The van der Waals surface area contributed by atoms with Crippen LogP contribution < -0.4 is 10.6 Å². The van der Waals surface area contributed by atoms with E-state index >= 15 is 0 Å². The van der Waals surface area contributed by atoms with Gasteiger partial charge in [0.1, 0.15) is 5.69 Å². The van der Waals surface area contributed by atoms with Gasteiger partial charge in [-0.25, -0.2) is 0 Å². The molecule has 1 aliphatic rings. The molecule has 3 N–H and O–H groups in total. The van der Waals surface area contributed by atoms with E-state index < -0.39 is 16.9 Å². The predicted octanol–water partition coefficient (Wildman–Crippen LogP) is -0.125. The lowest BCUT2D eigenvalue weighted by atomic mass is 10.1. The number of nitrogens with two attached hydrogens (primary N) is 1. The van der Waals surface area contributed by atoms with Crippen molar-refractivity contribution in [2.75, 3.05) is 18.0 Å². The quantitative estimate of drug-likeness (QED) is 0.562. The summed E-state index contributed by atoms with van der Waals surface area (Å²) < 4.78 is 0. The van der Waals surface area contributed by atoms with Crippen molar-refractivity contribution in [3.8, 4) is 0 Å². The van der Waals surface area contributed by atoms with Gasteiger partial charge in [-0.1, -0.05) is 0 Å². The Kier molecular flexibility index (Phi) is 2.68. The van der Waals surface area contributed by atoms with E-state index in [4.69, 9.17) is 10.8 Å². The zero-order valence-corrected chi connectivity index (χ0v) is 8.87. The fraction of sp³-hybridized carbons (Fsp3) is 0.300. The second kappa shape index (κ2) is 4.02. The molecule has 1 fully saturated rings. The molecule has 1 aromatic rings. The molecule has 0 radical (unpaired) electrons. The van der Waals surface area contributed by atoms with Crippen LogP contribution in [0.3, 0.4) is 0 Å². The third kappa shape index (κ3) is 2.04. The zero-order valence-electron chi connectivity index (χ0n) is 8.87. The van der Waals surface area contributed by atoms with E-state index in [1.165, 1.54) is 12.1 Å². The number of benzene rings is 1. The van der Waals surface area contributed by atoms with Crippen molar-refractivity contribution in [2.45, 2.75) is 6.10 Å². The molecule has 1 heterocycles. The van der Waals surface area contributed by atoms with Crippen LogP contribution in [-0.4, -0.2) is 35.1 Å². The van der Waals surface area contributed by atoms with Gasteiger partial charge in [0.25, 0.3) is 5.69 Å². The minimum atomic E-state index is -0.705. The lowest BCUT2D eigenvalue weighted by molar-refractivity contribution is -0.384. The number of carbonyl (C=O) groups is 1. The fourth-order valence-electron chi connectivity index (χ4n) is 1.74. The van der Waals surface area contributed by atoms with Gasteiger partial charge in [0.05, 0.1) is 11.0 Å². The molecule has 1 amide bonds. The molecule has 7 nitrogen and oxygen atoms in total. The molecule has 0 aliphatic carbocycles. The molecular weight excluding hydrogens is 226 g/mol. The molecule has 1 aromatic carbocycles. The van der Waals surface area contributed by atoms with E-state index in [2.05, 4.69) is 0 Å². The number of nitro benzene ring substituents is 1. The molecule has 0 spiro atoms. The summed E-state index contributed by atoms with van der Waals surface area (Å²) in [5, 5.41) is 20.1. The molecule has 0 bridgehead atoms. The van der Waals surface area contributed by atoms with Crippen LogP contribution in [0.5, 0.6) is 0 Å². The normalized spacial score (nSPS) is 15.5. The summed E-state index contributed by atoms with van der Waals surface area (Å²) in [6, 6.07) is 4.07. The van der Waals surface area contributed by atoms with E-state index in [1.807, 2.05) is 0 Å². The Bertz CT molecular complexity index is 482. The summed E-state index contributed by atoms with van der Waals surface area (Å²) >= 11 is 0. The summed E-state index contributed by atoms with van der Waals surface area (Å²) in [4.78, 5) is 22.9. The van der Waals surface area contributed by atoms with Crippen LogP contribution in [0.4, 0.5) is 11.4 Å². The molecule has 0 unspecified atom stereocenters. The summed E-state index contributed by atoms with van der Waals surface area (Å²) in [7, 11) is 0. The van der Waals surface area contributed by atoms with Crippen LogP contribution >= 0.6 is 0 Å². The first-order valence-corrected chi connectivity index (χ1v) is 5.00. The smallest absolute Gasteiger partial charge is 0.293 e. The van der Waals surface area contributed by atoms with Gasteiger partial charge in [-0.15, -0.1) is 0 Å². The Labute approximate surface area is 96.6 Å². The van der Waals surface area contributed by atoms with Crippen molar-refractivity contribution >= 4 is 17.3 Å². The van der Waals surface area contributed by atoms with E-state index in [0.29, 0.717) is 18.8 Å². The Morgan fingerprint density at radius 2 is 2.18 bits per heavy atom. The Hall–Kier alpha value is -2.15. The molecule has 90 valence electrons. The maximum absolute atomic E-state index is 10.9. The van der Waals surface area contributed by atoms with Crippen molar-refractivity contribution in [3.63, 3.8) is 0 Å². The van der Waals surface area contributed by atoms with E-state index in [9.17, 15) is 14.9 Å². The van der Waals surface area contributed by atoms with Crippen molar-refractivity contribution in [1.29, 1.82) is 0 Å². The zero-order chi connectivity index (χ0) is 12.6. The predicted molar refractivity (Wildman–Crippen MR) is 59.8 cm³/mol. The van der Waals surface area contributed by atoms with Gasteiger partial charge >= 0.3 is 0 Å². The molecule has 2 rings (SSSR count). The molecule has 1 aliphatic heterocycles. The van der Waals surface area contributed by atoms with Crippen molar-refractivity contribution in [2.24, 2.45) is 5.73 Å². The first-order valence-electron chi connectivity index (χ1n) is 5.00. The van der Waals surface area contributed by atoms with Gasteiger partial charge in [0, 0.05) is 24.7 Å². The van der Waals surface area contributed by atoms with Crippen molar-refractivity contribution < 1.29 is 14.8 Å². The fourth-order valence-corrected chi connectivity index (χ4v) is 1.74. The van der Waals surface area contributed by atoms with Crippen molar-refractivity contribution in [3.05, 3.63) is 33.9 Å². The molecule has 0 atom stereocenters. The number of carbonyl (C=O) groups excluding carboxylic acids is 1. The highest BCUT2D eigenvalue weighted by molar-refractivity contribution is 5.94. The summed E-state index contributed by atoms with van der Waals surface area (Å²) in [5.74, 6) is -0.705. The average Bonchev–Trinajstić information content (AvgIpc) is 2.24. The first kappa shape index (κ1) is 11.3. The highest BCUT2D eigenvalue weighted by Gasteiger charge is 2.30. The number of aliphatic hydroxyl groups is 1. The minimum absolute atomic E-state index is 0.0986. The van der Waals surface area contributed by atoms with E-state index in [-0.39, 0.29) is 11.3 Å². The third-order valence-corrected chi connectivity index (χ3v) is 2.66. The Morgan fingerprint density at radius 3 is 2.65 bits per heavy atom. The average molecular weight is 237 g/mol. The standard InChI is InChI=1S/C10H11N3O4/c11-10(15)6-1-2-8(9(3-6)13(16)17)12-4-7(14)5-12/h1-3,7,14H,4-5H2,(H2,11,15). The molecule has 17 heavy (non-hydrogen) atoms. The van der Waals surface area contributed by atoms with Crippen molar-refractivity contribution in [1.82, 2.24) is 0 Å². The highest BCUT2D eigenvalue weighted by atomic mass is 16.6. The van der Waals surface area contributed by atoms with Gasteiger partial charge in [0.2, 0.25) is 5.91 Å². The number of anilines is 1. The van der Waals surface area contributed by atoms with Gasteiger partial charge < -0.3 is 15.7 Å². The Morgan fingerprint density at radius 1 is 1.53 bits per heavy atom. The van der Waals surface area contributed by atoms with Gasteiger partial charge in [0.15, 0.2) is 0 Å². The largest absolute Gasteiger partial charge is 0.389 e. The topological polar surface area (TPSA) is 110 Å². The number of hydrogen-bond acceptors (Lipinski definition) is 5. The minimum Gasteiger partial charge on any atom is -0.389 e. The summed E-state index contributed by atoms with van der Waals surface area (Å²) in [6.45, 7) is 0.716.